The van der Waals surface area contributed by atoms with Crippen molar-refractivity contribution in [2.45, 2.75) is 26.8 Å². The van der Waals surface area contributed by atoms with Gasteiger partial charge in [0, 0.05) is 17.7 Å². The van der Waals surface area contributed by atoms with Gasteiger partial charge in [-0.1, -0.05) is 0 Å². The smallest absolute Gasteiger partial charge is 0.272 e. The Labute approximate surface area is 122 Å². The summed E-state index contributed by atoms with van der Waals surface area (Å²) in [4.78, 5) is 14.7. The highest BCUT2D eigenvalue weighted by molar-refractivity contribution is 5.50. The van der Waals surface area contributed by atoms with Crippen LogP contribution in [0, 0.1) is 24.0 Å². The van der Waals surface area contributed by atoms with Crippen molar-refractivity contribution in [1.29, 1.82) is 0 Å². The van der Waals surface area contributed by atoms with Crippen molar-refractivity contribution in [2.75, 3.05) is 0 Å². The lowest BCUT2D eigenvalue weighted by Crippen LogP contribution is -2.06. The Hall–Kier alpha value is -2.47. The van der Waals surface area contributed by atoms with Gasteiger partial charge in [0.15, 0.2) is 0 Å². The van der Waals surface area contributed by atoms with Crippen molar-refractivity contribution in [3.63, 3.8) is 0 Å². The van der Waals surface area contributed by atoms with E-state index in [0.717, 1.165) is 5.69 Å². The second-order valence-corrected chi connectivity index (χ2v) is 4.97. The van der Waals surface area contributed by atoms with Crippen LogP contribution >= 0.6 is 0 Å². The van der Waals surface area contributed by atoms with Crippen molar-refractivity contribution in [1.82, 2.24) is 4.98 Å². The van der Waals surface area contributed by atoms with Crippen molar-refractivity contribution >= 4 is 5.69 Å². The molecule has 2 aromatic rings. The van der Waals surface area contributed by atoms with Crippen molar-refractivity contribution in [3.8, 4) is 11.5 Å². The Balaban J connectivity index is 2.27. The maximum Gasteiger partial charge on any atom is 0.272 e. The Bertz CT molecular complexity index is 667. The molecule has 21 heavy (non-hydrogen) atoms. The molecule has 0 aliphatic carbocycles. The maximum absolute atomic E-state index is 10.9. The third-order valence-electron chi connectivity index (χ3n) is 3.14. The molecule has 1 atom stereocenters. The molecule has 0 saturated heterocycles. The second kappa shape index (κ2) is 5.88. The molecule has 1 aromatic carbocycles. The summed E-state index contributed by atoms with van der Waals surface area (Å²) >= 11 is 0. The van der Waals surface area contributed by atoms with Crippen LogP contribution in [0.15, 0.2) is 30.5 Å². The molecule has 0 amide bonds. The first kappa shape index (κ1) is 14.9. The largest absolute Gasteiger partial charge is 0.455 e. The highest BCUT2D eigenvalue weighted by Crippen LogP contribution is 2.31. The van der Waals surface area contributed by atoms with Gasteiger partial charge in [0.05, 0.1) is 16.8 Å². The Morgan fingerprint density at radius 3 is 2.52 bits per heavy atom. The van der Waals surface area contributed by atoms with Gasteiger partial charge in [-0.15, -0.1) is 0 Å². The molecule has 0 aliphatic heterocycles. The molecule has 1 aromatic heterocycles. The lowest BCUT2D eigenvalue weighted by Gasteiger charge is -2.11. The van der Waals surface area contributed by atoms with Gasteiger partial charge in [0.2, 0.25) is 0 Å². The number of nitrogens with two attached hydrogens (primary N) is 1. The van der Waals surface area contributed by atoms with Crippen molar-refractivity contribution in [3.05, 3.63) is 57.4 Å². The van der Waals surface area contributed by atoms with Crippen LogP contribution in [0.5, 0.6) is 11.5 Å². The molecule has 2 rings (SSSR count). The van der Waals surface area contributed by atoms with Gasteiger partial charge < -0.3 is 10.5 Å². The number of nitro groups is 1. The van der Waals surface area contributed by atoms with Crippen LogP contribution in [0.25, 0.3) is 0 Å². The molecule has 0 unspecified atom stereocenters. The summed E-state index contributed by atoms with van der Waals surface area (Å²) in [5.41, 5.74) is 7.86. The first-order valence-electron chi connectivity index (χ1n) is 6.53. The van der Waals surface area contributed by atoms with E-state index in [1.807, 2.05) is 6.92 Å². The summed E-state index contributed by atoms with van der Waals surface area (Å²) in [6.07, 6.45) is 1.59. The van der Waals surface area contributed by atoms with E-state index < -0.39 is 4.92 Å². The van der Waals surface area contributed by atoms with Crippen LogP contribution in [-0.2, 0) is 0 Å². The molecule has 0 saturated carbocycles. The van der Waals surface area contributed by atoms with Gasteiger partial charge in [-0.05, 0) is 44.5 Å². The molecule has 0 radical (unpaired) electrons. The van der Waals surface area contributed by atoms with Crippen molar-refractivity contribution < 1.29 is 9.66 Å². The number of hydrogen-bond donors (Lipinski definition) is 1. The standard InChI is InChI=1S/C15H17N3O3/c1-9-7-15(10(2)6-14(9)18(19)20)21-12-4-5-13(11(3)16)17-8-12/h4-8,11H,16H2,1-3H3/t11-/m0/s1. The van der Waals surface area contributed by atoms with Gasteiger partial charge >= 0.3 is 0 Å². The number of benzene rings is 1. The molecule has 110 valence electrons. The summed E-state index contributed by atoms with van der Waals surface area (Å²) in [5.74, 6) is 1.14. The monoisotopic (exact) mass is 287 g/mol. The molecule has 0 aliphatic rings. The zero-order chi connectivity index (χ0) is 15.6. The summed E-state index contributed by atoms with van der Waals surface area (Å²) < 4.78 is 5.73. The van der Waals surface area contributed by atoms with Crippen LogP contribution in [0.1, 0.15) is 29.8 Å². The topological polar surface area (TPSA) is 91.3 Å². The lowest BCUT2D eigenvalue weighted by molar-refractivity contribution is -0.385. The van der Waals surface area contributed by atoms with Crippen LogP contribution in [0.2, 0.25) is 0 Å². The summed E-state index contributed by atoms with van der Waals surface area (Å²) in [7, 11) is 0. The second-order valence-electron chi connectivity index (χ2n) is 4.97. The first-order valence-corrected chi connectivity index (χ1v) is 6.53. The summed E-state index contributed by atoms with van der Waals surface area (Å²) in [6, 6.07) is 6.61. The molecule has 2 N–H and O–H groups in total. The molecule has 0 fully saturated rings. The zero-order valence-corrected chi connectivity index (χ0v) is 12.2. The van der Waals surface area contributed by atoms with Gasteiger partial charge in [0.25, 0.3) is 5.69 Å². The molecule has 6 nitrogen and oxygen atoms in total. The molecule has 0 spiro atoms. The maximum atomic E-state index is 10.9. The minimum absolute atomic E-state index is 0.0882. The fourth-order valence-electron chi connectivity index (χ4n) is 1.93. The van der Waals surface area contributed by atoms with E-state index in [0.29, 0.717) is 22.6 Å². The van der Waals surface area contributed by atoms with Gasteiger partial charge in [0.1, 0.15) is 11.5 Å². The highest BCUT2D eigenvalue weighted by atomic mass is 16.6. The minimum Gasteiger partial charge on any atom is -0.455 e. The molecular weight excluding hydrogens is 270 g/mol. The van der Waals surface area contributed by atoms with E-state index in [-0.39, 0.29) is 11.7 Å². The van der Waals surface area contributed by atoms with E-state index in [1.54, 1.807) is 38.2 Å². The van der Waals surface area contributed by atoms with Crippen molar-refractivity contribution in [2.24, 2.45) is 5.73 Å². The van der Waals surface area contributed by atoms with Gasteiger partial charge in [-0.2, -0.15) is 0 Å². The third kappa shape index (κ3) is 3.35. The average molecular weight is 287 g/mol. The number of rotatable bonds is 4. The average Bonchev–Trinajstić information content (AvgIpc) is 2.42. The van der Waals surface area contributed by atoms with Crippen LogP contribution in [-0.4, -0.2) is 9.91 Å². The number of ether oxygens (including phenoxy) is 1. The lowest BCUT2D eigenvalue weighted by atomic mass is 10.1. The fraction of sp³-hybridized carbons (Fsp3) is 0.267. The molecule has 6 heteroatoms. The molecular formula is C15H17N3O3. The molecule has 0 bridgehead atoms. The number of pyridine rings is 1. The summed E-state index contributed by atoms with van der Waals surface area (Å²) in [5, 5.41) is 10.9. The van der Waals surface area contributed by atoms with E-state index in [2.05, 4.69) is 4.98 Å². The number of aromatic nitrogens is 1. The SMILES string of the molecule is Cc1cc([N+](=O)[O-])c(C)cc1Oc1ccc([C@H](C)N)nc1. The number of nitro benzene ring substituents is 1. The van der Waals surface area contributed by atoms with Crippen LogP contribution in [0.4, 0.5) is 5.69 Å². The van der Waals surface area contributed by atoms with E-state index in [4.69, 9.17) is 10.5 Å². The minimum atomic E-state index is -0.398. The Kier molecular flexibility index (Phi) is 4.18. The number of aryl methyl sites for hydroxylation is 2. The number of nitrogens with zero attached hydrogens (tertiary/aromatic N) is 2. The zero-order valence-electron chi connectivity index (χ0n) is 12.2. The van der Waals surface area contributed by atoms with E-state index in [1.165, 1.54) is 6.07 Å². The quantitative estimate of drug-likeness (QED) is 0.687. The summed E-state index contributed by atoms with van der Waals surface area (Å²) in [6.45, 7) is 5.31. The predicted octanol–water partition coefficient (Wildman–Crippen LogP) is 3.42. The normalized spacial score (nSPS) is 12.0. The first-order chi connectivity index (χ1) is 9.88. The predicted molar refractivity (Wildman–Crippen MR) is 79.5 cm³/mol. The van der Waals surface area contributed by atoms with E-state index in [9.17, 15) is 10.1 Å². The van der Waals surface area contributed by atoms with Gasteiger partial charge in [-0.3, -0.25) is 15.1 Å². The van der Waals surface area contributed by atoms with Crippen LogP contribution in [0.3, 0.4) is 0 Å². The molecule has 1 heterocycles. The Morgan fingerprint density at radius 2 is 2.00 bits per heavy atom. The van der Waals surface area contributed by atoms with Gasteiger partial charge in [-0.25, -0.2) is 0 Å². The fourth-order valence-corrected chi connectivity index (χ4v) is 1.93. The highest BCUT2D eigenvalue weighted by Gasteiger charge is 2.14. The van der Waals surface area contributed by atoms with E-state index >= 15 is 0 Å². The number of hydrogen-bond acceptors (Lipinski definition) is 5. The third-order valence-corrected chi connectivity index (χ3v) is 3.14. The van der Waals surface area contributed by atoms with Crippen LogP contribution < -0.4 is 10.5 Å². The Morgan fingerprint density at radius 1 is 1.29 bits per heavy atom.